The van der Waals surface area contributed by atoms with Crippen LogP contribution in [0.15, 0.2) is 57.8 Å². The highest BCUT2D eigenvalue weighted by molar-refractivity contribution is 9.10. The molecule has 32 heavy (non-hydrogen) atoms. The number of hydrogen-bond donors (Lipinski definition) is 2. The Kier molecular flexibility index (Phi) is 5.95. The zero-order valence-electron chi connectivity index (χ0n) is 18.3. The number of imidazole rings is 1. The van der Waals surface area contributed by atoms with Crippen molar-refractivity contribution in [2.45, 2.75) is 44.2 Å². The summed E-state index contributed by atoms with van der Waals surface area (Å²) in [6.07, 6.45) is 2.81. The Morgan fingerprint density at radius 3 is 2.69 bits per heavy atom. The lowest BCUT2D eigenvalue weighted by atomic mass is 10.0. The van der Waals surface area contributed by atoms with Gasteiger partial charge in [-0.1, -0.05) is 46.3 Å². The number of likely N-dealkylation sites (tertiary alicyclic amines) is 1. The Morgan fingerprint density at radius 1 is 1.19 bits per heavy atom. The van der Waals surface area contributed by atoms with Gasteiger partial charge in [-0.25, -0.2) is 4.79 Å². The van der Waals surface area contributed by atoms with E-state index in [2.05, 4.69) is 50.2 Å². The van der Waals surface area contributed by atoms with Crippen LogP contribution in [0.4, 0.5) is 0 Å². The number of nitrogens with zero attached hydrogens (tertiary/aromatic N) is 2. The van der Waals surface area contributed by atoms with Gasteiger partial charge < -0.3 is 15.2 Å². The number of aromatic amines is 1. The molecule has 6 nitrogen and oxygen atoms in total. The molecule has 1 unspecified atom stereocenters. The minimum absolute atomic E-state index is 0.0328. The van der Waals surface area contributed by atoms with Gasteiger partial charge in [0.25, 0.3) is 0 Å². The van der Waals surface area contributed by atoms with E-state index in [0.29, 0.717) is 5.92 Å². The summed E-state index contributed by atoms with van der Waals surface area (Å²) >= 11 is 3.47. The standard InChI is InChI=1S/C25H29BrN4O2/c1-16(27-24(31)21-14-20(21)17-5-3-2-4-6-17)15-29-11-9-19(10-12-29)30-23-8-7-18(26)13-22(23)28-25(30)32/h2-8,13,16,19-21H,9-12,14-15H2,1H3,(H,27,31)(H,28,32)/t16-,20?,21+/m0/s1. The molecule has 0 bridgehead atoms. The summed E-state index contributed by atoms with van der Waals surface area (Å²) in [6.45, 7) is 4.79. The fraction of sp³-hybridized carbons (Fsp3) is 0.440. The van der Waals surface area contributed by atoms with Gasteiger partial charge in [-0.15, -0.1) is 0 Å². The third-order valence-electron chi connectivity index (χ3n) is 6.88. The number of fused-ring (bicyclic) bond motifs is 1. The summed E-state index contributed by atoms with van der Waals surface area (Å²) in [5.41, 5.74) is 3.07. The predicted octanol–water partition coefficient (Wildman–Crippen LogP) is 4.04. The summed E-state index contributed by atoms with van der Waals surface area (Å²) in [4.78, 5) is 30.6. The highest BCUT2D eigenvalue weighted by Gasteiger charge is 2.44. The van der Waals surface area contributed by atoms with Crippen LogP contribution in [-0.2, 0) is 4.79 Å². The highest BCUT2D eigenvalue weighted by atomic mass is 79.9. The maximum absolute atomic E-state index is 12.7. The van der Waals surface area contributed by atoms with E-state index in [1.165, 1.54) is 5.56 Å². The minimum Gasteiger partial charge on any atom is -0.352 e. The third kappa shape index (κ3) is 4.41. The van der Waals surface area contributed by atoms with E-state index in [9.17, 15) is 9.59 Å². The molecule has 0 spiro atoms. The summed E-state index contributed by atoms with van der Waals surface area (Å²) in [6, 6.07) is 16.6. The van der Waals surface area contributed by atoms with Crippen molar-refractivity contribution < 1.29 is 4.79 Å². The molecule has 2 fully saturated rings. The lowest BCUT2D eigenvalue weighted by Crippen LogP contribution is -2.45. The number of rotatable bonds is 6. The fourth-order valence-electron chi connectivity index (χ4n) is 5.16. The van der Waals surface area contributed by atoms with E-state index in [0.717, 1.165) is 54.4 Å². The van der Waals surface area contributed by atoms with E-state index in [4.69, 9.17) is 0 Å². The molecule has 2 heterocycles. The van der Waals surface area contributed by atoms with Gasteiger partial charge in [0.05, 0.1) is 11.0 Å². The first-order valence-electron chi connectivity index (χ1n) is 11.5. The van der Waals surface area contributed by atoms with Gasteiger partial charge in [-0.3, -0.25) is 9.36 Å². The zero-order valence-corrected chi connectivity index (χ0v) is 19.8. The van der Waals surface area contributed by atoms with Crippen molar-refractivity contribution in [3.8, 4) is 0 Å². The van der Waals surface area contributed by atoms with Crippen molar-refractivity contribution in [1.29, 1.82) is 0 Å². The van der Waals surface area contributed by atoms with E-state index < -0.39 is 0 Å². The first-order chi connectivity index (χ1) is 15.5. The van der Waals surface area contributed by atoms with Crippen molar-refractivity contribution >= 4 is 32.9 Å². The average molecular weight is 497 g/mol. The number of amides is 1. The molecule has 1 amide bonds. The molecule has 2 N–H and O–H groups in total. The molecule has 2 aliphatic rings. The van der Waals surface area contributed by atoms with Gasteiger partial charge in [-0.05, 0) is 55.9 Å². The number of carbonyl (C=O) groups is 1. The summed E-state index contributed by atoms with van der Waals surface area (Å²) < 4.78 is 2.88. The molecule has 1 aliphatic heterocycles. The average Bonchev–Trinajstić information content (AvgIpc) is 3.52. The highest BCUT2D eigenvalue weighted by Crippen LogP contribution is 2.47. The van der Waals surface area contributed by atoms with Crippen molar-refractivity contribution in [3.63, 3.8) is 0 Å². The molecule has 1 saturated carbocycles. The SMILES string of the molecule is C[C@@H](CN1CCC(n2c(=O)[nH]c3cc(Br)ccc32)CC1)NC(=O)[C@@H]1CC1c1ccccc1. The second-order valence-electron chi connectivity index (χ2n) is 9.26. The molecule has 2 aromatic carbocycles. The molecular formula is C25H29BrN4O2. The number of nitrogens with one attached hydrogen (secondary N) is 2. The van der Waals surface area contributed by atoms with E-state index in [1.807, 2.05) is 41.0 Å². The molecule has 1 aliphatic carbocycles. The Balaban J connectivity index is 1.13. The first-order valence-corrected chi connectivity index (χ1v) is 12.3. The second kappa shape index (κ2) is 8.87. The normalized spacial score (nSPS) is 22.7. The third-order valence-corrected chi connectivity index (χ3v) is 7.37. The number of piperidine rings is 1. The predicted molar refractivity (Wildman–Crippen MR) is 130 cm³/mol. The zero-order chi connectivity index (χ0) is 22.2. The fourth-order valence-corrected chi connectivity index (χ4v) is 5.52. The van der Waals surface area contributed by atoms with Gasteiger partial charge in [0.15, 0.2) is 0 Å². The van der Waals surface area contributed by atoms with Crippen molar-refractivity contribution in [2.75, 3.05) is 19.6 Å². The van der Waals surface area contributed by atoms with E-state index in [-0.39, 0.29) is 29.6 Å². The number of halogens is 1. The Labute approximate surface area is 196 Å². The Bertz CT molecular complexity index is 1160. The molecule has 1 saturated heterocycles. The van der Waals surface area contributed by atoms with Crippen LogP contribution in [0.5, 0.6) is 0 Å². The molecule has 3 aromatic rings. The maximum Gasteiger partial charge on any atom is 0.326 e. The molecular weight excluding hydrogens is 468 g/mol. The molecule has 3 atom stereocenters. The lowest BCUT2D eigenvalue weighted by Gasteiger charge is -2.34. The van der Waals surface area contributed by atoms with Gasteiger partial charge in [0.1, 0.15) is 0 Å². The molecule has 7 heteroatoms. The largest absolute Gasteiger partial charge is 0.352 e. The summed E-state index contributed by atoms with van der Waals surface area (Å²) in [5.74, 6) is 0.659. The minimum atomic E-state index is -0.0328. The van der Waals surface area contributed by atoms with Gasteiger partial charge in [0.2, 0.25) is 5.91 Å². The summed E-state index contributed by atoms with van der Waals surface area (Å²) in [5, 5.41) is 3.22. The van der Waals surface area contributed by atoms with Crippen molar-refractivity contribution in [2.24, 2.45) is 5.92 Å². The number of aromatic nitrogens is 2. The van der Waals surface area contributed by atoms with E-state index >= 15 is 0 Å². The smallest absolute Gasteiger partial charge is 0.326 e. The van der Waals surface area contributed by atoms with Crippen LogP contribution in [0.1, 0.15) is 43.7 Å². The molecule has 0 radical (unpaired) electrons. The summed E-state index contributed by atoms with van der Waals surface area (Å²) in [7, 11) is 0. The first kappa shape index (κ1) is 21.5. The van der Waals surface area contributed by atoms with Gasteiger partial charge >= 0.3 is 5.69 Å². The van der Waals surface area contributed by atoms with Crippen LogP contribution in [0, 0.1) is 5.92 Å². The number of carbonyl (C=O) groups excluding carboxylic acids is 1. The van der Waals surface area contributed by atoms with Crippen LogP contribution in [0.25, 0.3) is 11.0 Å². The Morgan fingerprint density at radius 2 is 1.94 bits per heavy atom. The quantitative estimate of drug-likeness (QED) is 0.540. The number of benzene rings is 2. The van der Waals surface area contributed by atoms with Crippen molar-refractivity contribution in [1.82, 2.24) is 19.8 Å². The monoisotopic (exact) mass is 496 g/mol. The van der Waals surface area contributed by atoms with Crippen LogP contribution in [0.2, 0.25) is 0 Å². The number of H-pyrrole nitrogens is 1. The maximum atomic E-state index is 12.7. The van der Waals surface area contributed by atoms with Crippen molar-refractivity contribution in [3.05, 3.63) is 69.1 Å². The van der Waals surface area contributed by atoms with Crippen LogP contribution >= 0.6 is 15.9 Å². The molecule has 168 valence electrons. The molecule has 1 aromatic heterocycles. The second-order valence-corrected chi connectivity index (χ2v) is 10.2. The lowest BCUT2D eigenvalue weighted by molar-refractivity contribution is -0.123. The number of hydrogen-bond acceptors (Lipinski definition) is 3. The van der Waals surface area contributed by atoms with Gasteiger partial charge in [0, 0.05) is 42.1 Å². The molecule has 5 rings (SSSR count). The van der Waals surface area contributed by atoms with Crippen LogP contribution in [0.3, 0.4) is 0 Å². The topological polar surface area (TPSA) is 70.1 Å². The van der Waals surface area contributed by atoms with Crippen LogP contribution in [-0.4, -0.2) is 46.0 Å². The van der Waals surface area contributed by atoms with Gasteiger partial charge in [-0.2, -0.15) is 0 Å². The van der Waals surface area contributed by atoms with Crippen LogP contribution < -0.4 is 11.0 Å². The van der Waals surface area contributed by atoms with E-state index in [1.54, 1.807) is 0 Å². The Hall–Kier alpha value is -2.38.